The number of carbonyl (C=O) groups excluding carboxylic acids is 2. The molecule has 0 unspecified atom stereocenters. The molecule has 0 aliphatic heterocycles. The molecule has 2 amide bonds. The van der Waals surface area contributed by atoms with Crippen LogP contribution in [0.4, 0.5) is 9.59 Å². The highest BCUT2D eigenvalue weighted by molar-refractivity contribution is 5.65. The van der Waals surface area contributed by atoms with Crippen LogP contribution < -0.4 is 11.5 Å². The number of hydrogen-bond acceptors (Lipinski definition) is 4. The van der Waals surface area contributed by atoms with E-state index in [0.29, 0.717) is 0 Å². The first-order valence-corrected chi connectivity index (χ1v) is 5.24. The summed E-state index contributed by atoms with van der Waals surface area (Å²) in [5.41, 5.74) is 9.35. The summed E-state index contributed by atoms with van der Waals surface area (Å²) in [5, 5.41) is 0. The van der Waals surface area contributed by atoms with Crippen molar-refractivity contribution in [1.82, 2.24) is 0 Å². The van der Waals surface area contributed by atoms with E-state index >= 15 is 0 Å². The van der Waals surface area contributed by atoms with Gasteiger partial charge in [0.15, 0.2) is 0 Å². The van der Waals surface area contributed by atoms with E-state index in [9.17, 15) is 9.59 Å². The first-order valence-electron chi connectivity index (χ1n) is 5.24. The van der Waals surface area contributed by atoms with Crippen molar-refractivity contribution in [2.75, 3.05) is 13.2 Å². The highest BCUT2D eigenvalue weighted by Gasteiger charge is 2.27. The van der Waals surface area contributed by atoms with Crippen molar-refractivity contribution in [1.29, 1.82) is 0 Å². The average Bonchev–Trinajstić information content (AvgIpc) is 2.21. The fourth-order valence-electron chi connectivity index (χ4n) is 1.28. The van der Waals surface area contributed by atoms with Crippen LogP contribution in [-0.4, -0.2) is 25.4 Å². The third-order valence-electron chi connectivity index (χ3n) is 2.26. The summed E-state index contributed by atoms with van der Waals surface area (Å²) in [5.74, 6) is 0. The Kier molecular flexibility index (Phi) is 6.29. The first kappa shape index (κ1) is 14.5. The largest absolute Gasteiger partial charge is 0.449 e. The number of ether oxygens (including phenoxy) is 2. The summed E-state index contributed by atoms with van der Waals surface area (Å²) in [6.45, 7) is 4.14. The zero-order valence-corrected chi connectivity index (χ0v) is 9.82. The molecule has 0 saturated heterocycles. The molecular formula is C10H20N2O4. The van der Waals surface area contributed by atoms with E-state index in [1.165, 1.54) is 0 Å². The molecule has 0 aliphatic rings. The van der Waals surface area contributed by atoms with Gasteiger partial charge in [-0.2, -0.15) is 0 Å². The summed E-state index contributed by atoms with van der Waals surface area (Å²) >= 11 is 0. The molecule has 0 aromatic carbocycles. The fraction of sp³-hybridized carbons (Fsp3) is 0.800. The second-order valence-electron chi connectivity index (χ2n) is 4.13. The molecule has 16 heavy (non-hydrogen) atoms. The number of rotatable bonds is 7. The molecule has 94 valence electrons. The van der Waals surface area contributed by atoms with Crippen LogP contribution in [0.2, 0.25) is 0 Å². The van der Waals surface area contributed by atoms with E-state index in [2.05, 4.69) is 0 Å². The maximum Gasteiger partial charge on any atom is 0.404 e. The maximum atomic E-state index is 10.5. The van der Waals surface area contributed by atoms with E-state index in [-0.39, 0.29) is 13.2 Å². The van der Waals surface area contributed by atoms with Gasteiger partial charge in [-0.15, -0.1) is 0 Å². The molecule has 0 heterocycles. The summed E-state index contributed by atoms with van der Waals surface area (Å²) in [6, 6.07) is 0. The molecule has 0 spiro atoms. The molecule has 0 rings (SSSR count). The molecule has 0 bridgehead atoms. The second kappa shape index (κ2) is 6.92. The third-order valence-corrected chi connectivity index (χ3v) is 2.26. The Bertz CT molecular complexity index is 225. The predicted octanol–water partition coefficient (Wildman–Crippen LogP) is 1.37. The Balaban J connectivity index is 4.22. The van der Waals surface area contributed by atoms with Gasteiger partial charge in [0.25, 0.3) is 0 Å². The predicted molar refractivity (Wildman–Crippen MR) is 58.7 cm³/mol. The van der Waals surface area contributed by atoms with Crippen molar-refractivity contribution < 1.29 is 19.1 Å². The number of primary amides is 2. The first-order chi connectivity index (χ1) is 7.39. The smallest absolute Gasteiger partial charge is 0.404 e. The van der Waals surface area contributed by atoms with E-state index < -0.39 is 17.6 Å². The lowest BCUT2D eigenvalue weighted by Crippen LogP contribution is -2.33. The Morgan fingerprint density at radius 1 is 1.12 bits per heavy atom. The molecular weight excluding hydrogens is 212 g/mol. The van der Waals surface area contributed by atoms with Crippen molar-refractivity contribution in [2.45, 2.75) is 33.1 Å². The molecule has 0 saturated carbocycles. The van der Waals surface area contributed by atoms with Gasteiger partial charge in [0.2, 0.25) is 0 Å². The zero-order valence-electron chi connectivity index (χ0n) is 9.82. The molecule has 4 N–H and O–H groups in total. The zero-order chi connectivity index (χ0) is 12.6. The molecule has 0 aliphatic carbocycles. The SMILES string of the molecule is CCCCC(C)(COC(N)=O)COC(N)=O. The van der Waals surface area contributed by atoms with Crippen LogP contribution in [-0.2, 0) is 9.47 Å². The van der Waals surface area contributed by atoms with Crippen LogP contribution in [0.25, 0.3) is 0 Å². The van der Waals surface area contributed by atoms with Gasteiger partial charge in [-0.1, -0.05) is 26.7 Å². The molecule has 0 aromatic rings. The van der Waals surface area contributed by atoms with Crippen LogP contribution in [0, 0.1) is 5.41 Å². The molecule has 6 nitrogen and oxygen atoms in total. The minimum Gasteiger partial charge on any atom is -0.449 e. The van der Waals surface area contributed by atoms with E-state index in [1.807, 2.05) is 13.8 Å². The monoisotopic (exact) mass is 232 g/mol. The summed E-state index contributed by atoms with van der Waals surface area (Å²) in [6.07, 6.45) is 1.05. The number of amides is 2. The molecule has 0 radical (unpaired) electrons. The van der Waals surface area contributed by atoms with E-state index in [1.54, 1.807) is 0 Å². The average molecular weight is 232 g/mol. The lowest BCUT2D eigenvalue weighted by atomic mass is 9.87. The van der Waals surface area contributed by atoms with Gasteiger partial charge in [0, 0.05) is 5.41 Å². The number of nitrogens with two attached hydrogens (primary N) is 2. The summed E-state index contributed by atoms with van der Waals surface area (Å²) in [4.78, 5) is 21.1. The van der Waals surface area contributed by atoms with Crippen LogP contribution in [0.15, 0.2) is 0 Å². The Hall–Kier alpha value is -1.46. The number of unbranched alkanes of at least 4 members (excludes halogenated alkanes) is 1. The van der Waals surface area contributed by atoms with Crippen molar-refractivity contribution in [3.8, 4) is 0 Å². The third kappa shape index (κ3) is 6.92. The number of hydrogen-bond donors (Lipinski definition) is 2. The topological polar surface area (TPSA) is 105 Å². The summed E-state index contributed by atoms with van der Waals surface area (Å²) in [7, 11) is 0. The highest BCUT2D eigenvalue weighted by atomic mass is 16.6. The molecule has 0 atom stereocenters. The van der Waals surface area contributed by atoms with Gasteiger partial charge in [-0.25, -0.2) is 9.59 Å². The van der Waals surface area contributed by atoms with Crippen molar-refractivity contribution in [3.63, 3.8) is 0 Å². The van der Waals surface area contributed by atoms with Crippen molar-refractivity contribution >= 4 is 12.2 Å². The van der Waals surface area contributed by atoms with Crippen LogP contribution in [0.1, 0.15) is 33.1 Å². The van der Waals surface area contributed by atoms with Crippen molar-refractivity contribution in [3.05, 3.63) is 0 Å². The maximum absolute atomic E-state index is 10.5. The van der Waals surface area contributed by atoms with Crippen molar-refractivity contribution in [2.24, 2.45) is 16.9 Å². The lowest BCUT2D eigenvalue weighted by Gasteiger charge is -2.27. The number of carbonyl (C=O) groups is 2. The minimum atomic E-state index is -0.832. The quantitative estimate of drug-likeness (QED) is 0.691. The lowest BCUT2D eigenvalue weighted by molar-refractivity contribution is 0.0358. The Morgan fingerprint density at radius 2 is 1.56 bits per heavy atom. The van der Waals surface area contributed by atoms with Gasteiger partial charge < -0.3 is 20.9 Å². The molecule has 6 heteroatoms. The molecule has 0 aromatic heterocycles. The van der Waals surface area contributed by atoms with Gasteiger partial charge in [-0.3, -0.25) is 0 Å². The Morgan fingerprint density at radius 3 is 1.88 bits per heavy atom. The van der Waals surface area contributed by atoms with E-state index in [0.717, 1.165) is 19.3 Å². The normalized spacial score (nSPS) is 10.9. The summed E-state index contributed by atoms with van der Waals surface area (Å²) < 4.78 is 9.49. The highest BCUT2D eigenvalue weighted by Crippen LogP contribution is 2.25. The van der Waals surface area contributed by atoms with Gasteiger partial charge >= 0.3 is 12.2 Å². The molecule has 0 fully saturated rings. The second-order valence-corrected chi connectivity index (χ2v) is 4.13. The standard InChI is InChI=1S/C10H20N2O4/c1-3-4-5-10(2,6-15-8(11)13)7-16-9(12)14/h3-7H2,1-2H3,(H2,11,13)(H2,12,14). The van der Waals surface area contributed by atoms with Gasteiger partial charge in [-0.05, 0) is 6.42 Å². The minimum absolute atomic E-state index is 0.121. The van der Waals surface area contributed by atoms with Crippen LogP contribution in [0.3, 0.4) is 0 Å². The van der Waals surface area contributed by atoms with E-state index in [4.69, 9.17) is 20.9 Å². The van der Waals surface area contributed by atoms with Crippen LogP contribution in [0.5, 0.6) is 0 Å². The van der Waals surface area contributed by atoms with Gasteiger partial charge in [0.05, 0.1) is 0 Å². The Labute approximate surface area is 95.3 Å². The van der Waals surface area contributed by atoms with Crippen LogP contribution >= 0.6 is 0 Å². The fourth-order valence-corrected chi connectivity index (χ4v) is 1.28. The van der Waals surface area contributed by atoms with Gasteiger partial charge in [0.1, 0.15) is 13.2 Å².